The van der Waals surface area contributed by atoms with Crippen LogP contribution in [0.2, 0.25) is 0 Å². The molecule has 1 heterocycles. The van der Waals surface area contributed by atoms with Gasteiger partial charge in [0.05, 0.1) is 6.54 Å². The molecule has 0 bridgehead atoms. The molecule has 1 aromatic heterocycles. The Morgan fingerprint density at radius 2 is 1.87 bits per heavy atom. The summed E-state index contributed by atoms with van der Waals surface area (Å²) in [6.07, 6.45) is 4.88. The smallest absolute Gasteiger partial charge is 0.380 e. The van der Waals surface area contributed by atoms with E-state index in [9.17, 15) is 23.1 Å². The molecule has 5 rings (SSSR count). The van der Waals surface area contributed by atoms with Crippen molar-refractivity contribution in [2.24, 2.45) is 40.9 Å². The number of carbonyl (C=O) groups excluding carboxylic acids is 1. The van der Waals surface area contributed by atoms with E-state index in [0.29, 0.717) is 36.6 Å². The maximum atomic E-state index is 13.4. The number of hydrogen-bond acceptors (Lipinski definition) is 3. The molecule has 0 unspecified atom stereocenters. The van der Waals surface area contributed by atoms with Crippen LogP contribution in [0.1, 0.15) is 64.7 Å². The normalized spacial score (nSPS) is 44.9. The number of aliphatic hydroxyl groups is 1. The van der Waals surface area contributed by atoms with Crippen molar-refractivity contribution in [2.75, 3.05) is 0 Å². The van der Waals surface area contributed by atoms with Crippen molar-refractivity contribution in [1.82, 2.24) is 9.78 Å². The zero-order valence-corrected chi connectivity index (χ0v) is 18.2. The van der Waals surface area contributed by atoms with E-state index in [-0.39, 0.29) is 35.9 Å². The monoisotopic (exact) mass is 438 g/mol. The number of hydrogen-bond donors (Lipinski definition) is 1. The lowest BCUT2D eigenvalue weighted by molar-refractivity contribution is -0.282. The van der Waals surface area contributed by atoms with E-state index in [1.165, 1.54) is 0 Å². The highest BCUT2D eigenvalue weighted by Gasteiger charge is 2.62. The maximum absolute atomic E-state index is 13.4. The van der Waals surface area contributed by atoms with Gasteiger partial charge in [0.1, 0.15) is 0 Å². The standard InChI is InChI=1S/C24H33F3N2O2/c1-22-9-7-17-16-8-10-23(31,24(25,26)27)13-15(16)3-4-18(17)19(22)5-6-20(22)21(30)14-29-12-2-11-28-29/h2,11-12,15-20,31H,3-10,13-14H2,1H3/t15-,16+,17-,18-,19+,20-,22+,23-/m1/s1. The van der Waals surface area contributed by atoms with Crippen LogP contribution in [0.25, 0.3) is 0 Å². The van der Waals surface area contributed by atoms with Crippen LogP contribution in [0, 0.1) is 40.9 Å². The first-order valence-corrected chi connectivity index (χ1v) is 11.9. The lowest BCUT2D eigenvalue weighted by Gasteiger charge is -2.57. The van der Waals surface area contributed by atoms with Gasteiger partial charge in [0.15, 0.2) is 11.4 Å². The molecule has 4 saturated carbocycles. The third-order valence-corrected chi connectivity index (χ3v) is 9.80. The van der Waals surface area contributed by atoms with Crippen LogP contribution < -0.4 is 0 Å². The Bertz CT molecular complexity index is 825. The molecule has 4 aliphatic carbocycles. The van der Waals surface area contributed by atoms with Gasteiger partial charge in [0, 0.05) is 18.3 Å². The molecule has 0 aliphatic heterocycles. The van der Waals surface area contributed by atoms with Gasteiger partial charge in [0.25, 0.3) is 0 Å². The molecule has 0 spiro atoms. The largest absolute Gasteiger partial charge is 0.417 e. The van der Waals surface area contributed by atoms with Gasteiger partial charge in [-0.1, -0.05) is 6.92 Å². The topological polar surface area (TPSA) is 55.1 Å². The zero-order chi connectivity index (χ0) is 22.0. The average Bonchev–Trinajstić information content (AvgIpc) is 3.33. The van der Waals surface area contributed by atoms with Crippen molar-refractivity contribution in [3.63, 3.8) is 0 Å². The maximum Gasteiger partial charge on any atom is 0.417 e. The Kier molecular flexibility index (Phi) is 5.07. The van der Waals surface area contributed by atoms with Gasteiger partial charge in [-0.2, -0.15) is 18.3 Å². The van der Waals surface area contributed by atoms with E-state index in [2.05, 4.69) is 12.0 Å². The lowest BCUT2D eigenvalue weighted by atomic mass is 9.49. The highest BCUT2D eigenvalue weighted by Crippen LogP contribution is 2.65. The third kappa shape index (κ3) is 3.37. The Balaban J connectivity index is 1.30. The number of ketones is 1. The summed E-state index contributed by atoms with van der Waals surface area (Å²) in [5, 5.41) is 14.5. The van der Waals surface area contributed by atoms with Gasteiger partial charge >= 0.3 is 6.18 Å². The Hall–Kier alpha value is -1.37. The van der Waals surface area contributed by atoms with Crippen molar-refractivity contribution in [2.45, 2.75) is 83.0 Å². The van der Waals surface area contributed by atoms with E-state index in [1.54, 1.807) is 10.9 Å². The lowest BCUT2D eigenvalue weighted by Crippen LogP contribution is -2.55. The van der Waals surface area contributed by atoms with E-state index < -0.39 is 11.8 Å². The third-order valence-electron chi connectivity index (χ3n) is 9.80. The molecule has 7 heteroatoms. The fourth-order valence-electron chi connectivity index (χ4n) is 8.33. The number of aromatic nitrogens is 2. The van der Waals surface area contributed by atoms with Crippen LogP contribution in [-0.4, -0.2) is 32.4 Å². The molecule has 0 aromatic carbocycles. The molecule has 0 radical (unpaired) electrons. The number of halogens is 3. The van der Waals surface area contributed by atoms with Crippen molar-refractivity contribution in [3.8, 4) is 0 Å². The summed E-state index contributed by atoms with van der Waals surface area (Å²) < 4.78 is 41.9. The minimum Gasteiger partial charge on any atom is -0.380 e. The second kappa shape index (κ2) is 7.32. The molecular weight excluding hydrogens is 405 g/mol. The van der Waals surface area contributed by atoms with Gasteiger partial charge in [-0.05, 0) is 98.9 Å². The summed E-state index contributed by atoms with van der Waals surface area (Å²) in [5.74, 6) is 2.06. The fraction of sp³-hybridized carbons (Fsp3) is 0.833. The van der Waals surface area contributed by atoms with E-state index in [0.717, 1.165) is 38.5 Å². The highest BCUT2D eigenvalue weighted by atomic mass is 19.4. The first-order valence-electron chi connectivity index (χ1n) is 11.9. The molecule has 0 amide bonds. The molecule has 31 heavy (non-hydrogen) atoms. The Morgan fingerprint density at radius 3 is 2.58 bits per heavy atom. The predicted octanol–water partition coefficient (Wildman–Crippen LogP) is 5.01. The molecule has 4 nitrogen and oxygen atoms in total. The molecular formula is C24H33F3N2O2. The van der Waals surface area contributed by atoms with Crippen molar-refractivity contribution < 1.29 is 23.1 Å². The van der Waals surface area contributed by atoms with E-state index >= 15 is 0 Å². The van der Waals surface area contributed by atoms with Gasteiger partial charge in [-0.15, -0.1) is 0 Å². The fourth-order valence-corrected chi connectivity index (χ4v) is 8.33. The Labute approximate surface area is 181 Å². The minimum atomic E-state index is -4.53. The highest BCUT2D eigenvalue weighted by molar-refractivity contribution is 5.82. The van der Waals surface area contributed by atoms with Crippen molar-refractivity contribution in [3.05, 3.63) is 18.5 Å². The van der Waals surface area contributed by atoms with Crippen molar-refractivity contribution in [1.29, 1.82) is 0 Å². The SMILES string of the molecule is C[C@]12CC[C@H]3[C@@H](CC[C@@H]4C[C@@](O)(C(F)(F)F)CC[C@@H]43)[C@@H]1CC[C@@H]2C(=O)Cn1cccn1. The van der Waals surface area contributed by atoms with Crippen LogP contribution >= 0.6 is 0 Å². The Morgan fingerprint density at radius 1 is 1.10 bits per heavy atom. The molecule has 0 saturated heterocycles. The van der Waals surface area contributed by atoms with Crippen LogP contribution in [-0.2, 0) is 11.3 Å². The molecule has 4 fully saturated rings. The van der Waals surface area contributed by atoms with Crippen LogP contribution in [0.15, 0.2) is 18.5 Å². The van der Waals surface area contributed by atoms with Crippen LogP contribution in [0.4, 0.5) is 13.2 Å². The molecule has 8 atom stereocenters. The van der Waals surface area contributed by atoms with Crippen LogP contribution in [0.3, 0.4) is 0 Å². The molecule has 4 aliphatic rings. The van der Waals surface area contributed by atoms with Gasteiger partial charge < -0.3 is 5.11 Å². The predicted molar refractivity (Wildman–Crippen MR) is 109 cm³/mol. The summed E-state index contributed by atoms with van der Waals surface area (Å²) in [6, 6.07) is 1.83. The van der Waals surface area contributed by atoms with Gasteiger partial charge in [-0.3, -0.25) is 9.48 Å². The zero-order valence-electron chi connectivity index (χ0n) is 18.2. The molecule has 172 valence electrons. The quantitative estimate of drug-likeness (QED) is 0.721. The molecule has 1 aromatic rings. The molecule has 1 N–H and O–H groups in total. The average molecular weight is 439 g/mol. The van der Waals surface area contributed by atoms with E-state index in [4.69, 9.17) is 0 Å². The van der Waals surface area contributed by atoms with E-state index in [1.807, 2.05) is 12.3 Å². The summed E-state index contributed by atoms with van der Waals surface area (Å²) in [5.41, 5.74) is -2.50. The number of alkyl halides is 3. The summed E-state index contributed by atoms with van der Waals surface area (Å²) in [4.78, 5) is 13.1. The number of fused-ring (bicyclic) bond motifs is 5. The summed E-state index contributed by atoms with van der Waals surface area (Å²) >= 11 is 0. The number of carbonyl (C=O) groups is 1. The summed E-state index contributed by atoms with van der Waals surface area (Å²) in [6.45, 7) is 2.62. The first-order chi connectivity index (χ1) is 14.6. The second-order valence-electron chi connectivity index (χ2n) is 11.1. The minimum absolute atomic E-state index is 0.000384. The number of nitrogens with zero attached hydrogens (tertiary/aromatic N) is 2. The second-order valence-corrected chi connectivity index (χ2v) is 11.1. The van der Waals surface area contributed by atoms with Gasteiger partial charge in [-0.25, -0.2) is 0 Å². The number of Topliss-reactive ketones (excluding diaryl/α,β-unsaturated/α-hetero) is 1. The summed E-state index contributed by atoms with van der Waals surface area (Å²) in [7, 11) is 0. The van der Waals surface area contributed by atoms with Crippen LogP contribution in [0.5, 0.6) is 0 Å². The van der Waals surface area contributed by atoms with Crippen molar-refractivity contribution >= 4 is 5.78 Å². The van der Waals surface area contributed by atoms with Gasteiger partial charge in [0.2, 0.25) is 0 Å². The first kappa shape index (κ1) is 21.5. The number of rotatable bonds is 3.